The maximum Gasteiger partial charge on any atom is 0.241 e. The van der Waals surface area contributed by atoms with Crippen LogP contribution in [0.2, 0.25) is 0 Å². The molecule has 0 bridgehead atoms. The van der Waals surface area contributed by atoms with Crippen molar-refractivity contribution in [2.75, 3.05) is 29.1 Å². The van der Waals surface area contributed by atoms with Gasteiger partial charge in [-0.1, -0.05) is 38.1 Å². The number of likely N-dealkylation sites (N-methyl/N-ethyl adjacent to an activating group) is 1. The van der Waals surface area contributed by atoms with E-state index in [1.807, 2.05) is 49.4 Å². The highest BCUT2D eigenvalue weighted by atomic mass is 16.2. The first-order valence-electron chi connectivity index (χ1n) is 11.0. The van der Waals surface area contributed by atoms with Crippen LogP contribution in [0.25, 0.3) is 0 Å². The highest BCUT2D eigenvalue weighted by molar-refractivity contribution is 6.05. The van der Waals surface area contributed by atoms with Gasteiger partial charge in [-0.2, -0.15) is 0 Å². The predicted molar refractivity (Wildman–Crippen MR) is 128 cm³/mol. The number of hydrogen-bond acceptors (Lipinski definition) is 4. The summed E-state index contributed by atoms with van der Waals surface area (Å²) in [4.78, 5) is 41.5. The van der Waals surface area contributed by atoms with Crippen molar-refractivity contribution >= 4 is 34.8 Å². The van der Waals surface area contributed by atoms with Gasteiger partial charge < -0.3 is 15.5 Å². The normalized spacial score (nSPS) is 16.9. The van der Waals surface area contributed by atoms with Gasteiger partial charge in [-0.15, -0.1) is 0 Å². The van der Waals surface area contributed by atoms with Crippen molar-refractivity contribution in [3.63, 3.8) is 0 Å². The molecule has 0 fully saturated rings. The van der Waals surface area contributed by atoms with Gasteiger partial charge in [0.25, 0.3) is 0 Å². The zero-order valence-electron chi connectivity index (χ0n) is 19.4. The van der Waals surface area contributed by atoms with Crippen molar-refractivity contribution in [1.82, 2.24) is 4.90 Å². The van der Waals surface area contributed by atoms with Crippen LogP contribution >= 0.6 is 0 Å². The fraction of sp³-hybridized carbons (Fsp3) is 0.400. The average Bonchev–Trinajstić information content (AvgIpc) is 2.87. The number of para-hydroxylation sites is 2. The van der Waals surface area contributed by atoms with Gasteiger partial charge in [0.05, 0.1) is 24.0 Å². The van der Waals surface area contributed by atoms with Crippen molar-refractivity contribution < 1.29 is 14.4 Å². The SMILES string of the molecule is CC(C)c1ccc(NC(=O)[C@H](C)N(C)CC(=O)N2c3ccccc3NC(=O)C[C@H]2C)cc1. The minimum absolute atomic E-state index is 0.0493. The van der Waals surface area contributed by atoms with Gasteiger partial charge in [-0.3, -0.25) is 19.3 Å². The smallest absolute Gasteiger partial charge is 0.241 e. The summed E-state index contributed by atoms with van der Waals surface area (Å²) in [5, 5.41) is 5.78. The first kappa shape index (κ1) is 23.5. The molecule has 1 heterocycles. The summed E-state index contributed by atoms with van der Waals surface area (Å²) in [6, 6.07) is 14.3. The Morgan fingerprint density at radius 1 is 1.12 bits per heavy atom. The Bertz CT molecular complexity index is 987. The number of carbonyl (C=O) groups is 3. The lowest BCUT2D eigenvalue weighted by molar-refractivity contribution is -0.123. The van der Waals surface area contributed by atoms with Crippen LogP contribution in [-0.2, 0) is 14.4 Å². The first-order valence-corrected chi connectivity index (χ1v) is 11.0. The molecular formula is C25H32N4O3. The van der Waals surface area contributed by atoms with Crippen molar-refractivity contribution in [3.8, 4) is 0 Å². The van der Waals surface area contributed by atoms with Crippen molar-refractivity contribution in [2.24, 2.45) is 0 Å². The summed E-state index contributed by atoms with van der Waals surface area (Å²) in [7, 11) is 1.75. The van der Waals surface area contributed by atoms with Gasteiger partial charge in [0, 0.05) is 18.2 Å². The molecule has 0 spiro atoms. The molecule has 0 saturated carbocycles. The number of nitrogens with zero attached hydrogens (tertiary/aromatic N) is 2. The van der Waals surface area contributed by atoms with Crippen LogP contribution in [-0.4, -0.2) is 48.3 Å². The lowest BCUT2D eigenvalue weighted by Gasteiger charge is -2.31. The van der Waals surface area contributed by atoms with E-state index in [1.165, 1.54) is 5.56 Å². The molecule has 3 amide bonds. The van der Waals surface area contributed by atoms with E-state index < -0.39 is 6.04 Å². The Hall–Kier alpha value is -3.19. The number of benzene rings is 2. The van der Waals surface area contributed by atoms with E-state index in [-0.39, 0.29) is 36.7 Å². The molecule has 170 valence electrons. The molecule has 2 aromatic rings. The van der Waals surface area contributed by atoms with Crippen molar-refractivity contribution in [1.29, 1.82) is 0 Å². The topological polar surface area (TPSA) is 81.8 Å². The minimum Gasteiger partial charge on any atom is -0.325 e. The quantitative estimate of drug-likeness (QED) is 0.721. The fourth-order valence-electron chi connectivity index (χ4n) is 3.79. The Morgan fingerprint density at radius 3 is 2.44 bits per heavy atom. The second kappa shape index (κ2) is 9.96. The predicted octanol–water partition coefficient (Wildman–Crippen LogP) is 3.83. The molecule has 0 saturated heterocycles. The summed E-state index contributed by atoms with van der Waals surface area (Å²) in [5.74, 6) is -0.0405. The number of amides is 3. The fourth-order valence-corrected chi connectivity index (χ4v) is 3.79. The molecule has 3 rings (SSSR count). The molecule has 0 aliphatic carbocycles. The lowest BCUT2D eigenvalue weighted by Crippen LogP contribution is -2.48. The second-order valence-electron chi connectivity index (χ2n) is 8.74. The van der Waals surface area contributed by atoms with Gasteiger partial charge in [-0.25, -0.2) is 0 Å². The van der Waals surface area contributed by atoms with Crippen LogP contribution in [0, 0.1) is 0 Å². The van der Waals surface area contributed by atoms with E-state index in [0.717, 1.165) is 5.69 Å². The van der Waals surface area contributed by atoms with E-state index in [0.29, 0.717) is 17.3 Å². The molecule has 0 radical (unpaired) electrons. The zero-order valence-corrected chi connectivity index (χ0v) is 19.4. The lowest BCUT2D eigenvalue weighted by atomic mass is 10.0. The van der Waals surface area contributed by atoms with Crippen LogP contribution in [0.4, 0.5) is 17.1 Å². The van der Waals surface area contributed by atoms with Crippen LogP contribution in [0.5, 0.6) is 0 Å². The number of anilines is 3. The molecule has 7 heteroatoms. The highest BCUT2D eigenvalue weighted by Crippen LogP contribution is 2.31. The largest absolute Gasteiger partial charge is 0.325 e. The third-order valence-electron chi connectivity index (χ3n) is 5.90. The van der Waals surface area contributed by atoms with Gasteiger partial charge in [0.15, 0.2) is 0 Å². The molecule has 32 heavy (non-hydrogen) atoms. The second-order valence-corrected chi connectivity index (χ2v) is 8.74. The standard InChI is InChI=1S/C25H32N4O3/c1-16(2)19-10-12-20(13-11-19)26-25(32)18(4)28(5)15-24(31)29-17(3)14-23(30)27-21-8-6-7-9-22(21)29/h6-13,16-18H,14-15H2,1-5H3,(H,26,32)(H,27,30)/t17-,18+/m1/s1. The maximum atomic E-state index is 13.2. The molecule has 2 aromatic carbocycles. The monoisotopic (exact) mass is 436 g/mol. The third kappa shape index (κ3) is 5.34. The van der Waals surface area contributed by atoms with Crippen molar-refractivity contribution in [2.45, 2.75) is 52.1 Å². The molecular weight excluding hydrogens is 404 g/mol. The number of carbonyl (C=O) groups excluding carboxylic acids is 3. The maximum absolute atomic E-state index is 13.2. The molecule has 2 N–H and O–H groups in total. The number of fused-ring (bicyclic) bond motifs is 1. The van der Waals surface area contributed by atoms with Crippen LogP contribution in [0.3, 0.4) is 0 Å². The minimum atomic E-state index is -0.513. The molecule has 0 aromatic heterocycles. The Labute approximate surface area is 189 Å². The summed E-state index contributed by atoms with van der Waals surface area (Å²) >= 11 is 0. The van der Waals surface area contributed by atoms with Gasteiger partial charge in [0.2, 0.25) is 17.7 Å². The molecule has 1 aliphatic heterocycles. The molecule has 7 nitrogen and oxygen atoms in total. The molecule has 2 atom stereocenters. The van der Waals surface area contributed by atoms with Crippen LogP contribution in [0.15, 0.2) is 48.5 Å². The summed E-state index contributed by atoms with van der Waals surface area (Å²) in [5.41, 5.74) is 3.23. The van der Waals surface area contributed by atoms with Gasteiger partial charge in [-0.05, 0) is 56.6 Å². The summed E-state index contributed by atoms with van der Waals surface area (Å²) in [6.45, 7) is 7.93. The first-order chi connectivity index (χ1) is 15.2. The van der Waals surface area contributed by atoms with Gasteiger partial charge in [0.1, 0.15) is 0 Å². The van der Waals surface area contributed by atoms with Gasteiger partial charge >= 0.3 is 0 Å². The van der Waals surface area contributed by atoms with E-state index >= 15 is 0 Å². The molecule has 0 unspecified atom stereocenters. The average molecular weight is 437 g/mol. The Morgan fingerprint density at radius 2 is 1.78 bits per heavy atom. The summed E-state index contributed by atoms with van der Waals surface area (Å²) < 4.78 is 0. The van der Waals surface area contributed by atoms with Crippen molar-refractivity contribution in [3.05, 3.63) is 54.1 Å². The molecule has 1 aliphatic rings. The number of rotatable bonds is 6. The van der Waals surface area contributed by atoms with E-state index in [2.05, 4.69) is 24.5 Å². The summed E-state index contributed by atoms with van der Waals surface area (Å²) in [6.07, 6.45) is 0.215. The number of hydrogen-bond donors (Lipinski definition) is 2. The van der Waals surface area contributed by atoms with Crippen LogP contribution < -0.4 is 15.5 Å². The van der Waals surface area contributed by atoms with E-state index in [9.17, 15) is 14.4 Å². The number of nitrogens with one attached hydrogen (secondary N) is 2. The van der Waals surface area contributed by atoms with Crippen LogP contribution in [0.1, 0.15) is 45.6 Å². The zero-order chi connectivity index (χ0) is 23.4. The third-order valence-corrected chi connectivity index (χ3v) is 5.90. The Balaban J connectivity index is 1.67. The Kier molecular flexibility index (Phi) is 7.30. The van der Waals surface area contributed by atoms with E-state index in [4.69, 9.17) is 0 Å². The van der Waals surface area contributed by atoms with E-state index in [1.54, 1.807) is 29.8 Å². The highest BCUT2D eigenvalue weighted by Gasteiger charge is 2.31.